The van der Waals surface area contributed by atoms with Gasteiger partial charge in [0, 0.05) is 24.5 Å². The molecule has 0 bridgehead atoms. The van der Waals surface area contributed by atoms with E-state index in [2.05, 4.69) is 65.8 Å². The van der Waals surface area contributed by atoms with Gasteiger partial charge in [0.15, 0.2) is 5.11 Å². The van der Waals surface area contributed by atoms with Crippen LogP contribution in [0, 0.1) is 6.92 Å². The van der Waals surface area contributed by atoms with Gasteiger partial charge in [-0.1, -0.05) is 29.8 Å². The van der Waals surface area contributed by atoms with Crippen LogP contribution in [0.25, 0.3) is 0 Å². The summed E-state index contributed by atoms with van der Waals surface area (Å²) in [4.78, 5) is 2.45. The highest BCUT2D eigenvalue weighted by Crippen LogP contribution is 2.22. The highest BCUT2D eigenvalue weighted by molar-refractivity contribution is 7.80. The fourth-order valence-electron chi connectivity index (χ4n) is 3.03. The van der Waals surface area contributed by atoms with E-state index in [1.54, 1.807) is 0 Å². The first-order chi connectivity index (χ1) is 11.6. The van der Waals surface area contributed by atoms with Gasteiger partial charge in [-0.25, -0.2) is 0 Å². The highest BCUT2D eigenvalue weighted by atomic mass is 32.1. The smallest absolute Gasteiger partial charge is 0.171 e. The normalized spacial score (nSPS) is 15.2. The third-order valence-corrected chi connectivity index (χ3v) is 4.74. The van der Waals surface area contributed by atoms with Crippen molar-refractivity contribution in [2.45, 2.75) is 32.7 Å². The quantitative estimate of drug-likeness (QED) is 0.793. The number of anilines is 2. The summed E-state index contributed by atoms with van der Waals surface area (Å²) in [5, 5.41) is 7.24. The Morgan fingerprint density at radius 2 is 1.62 bits per heavy atom. The molecular weight excluding hydrogens is 314 g/mol. The molecule has 1 aliphatic rings. The Morgan fingerprint density at radius 3 is 2.25 bits per heavy atom. The van der Waals surface area contributed by atoms with Crippen LogP contribution in [0.15, 0.2) is 48.5 Å². The second kappa shape index (κ2) is 7.67. The van der Waals surface area contributed by atoms with E-state index < -0.39 is 0 Å². The molecule has 1 unspecified atom stereocenters. The molecule has 0 aliphatic carbocycles. The fourth-order valence-corrected chi connectivity index (χ4v) is 3.33. The second-order valence-electron chi connectivity index (χ2n) is 6.47. The number of thiocarbonyl (C=S) groups is 1. The zero-order chi connectivity index (χ0) is 16.9. The Balaban J connectivity index is 1.56. The molecule has 0 spiro atoms. The molecule has 126 valence electrons. The molecule has 0 radical (unpaired) electrons. The summed E-state index contributed by atoms with van der Waals surface area (Å²) >= 11 is 5.43. The number of hydrogen-bond acceptors (Lipinski definition) is 2. The Labute approximate surface area is 150 Å². The van der Waals surface area contributed by atoms with Crippen molar-refractivity contribution in [2.75, 3.05) is 23.3 Å². The van der Waals surface area contributed by atoms with Gasteiger partial charge in [-0.3, -0.25) is 0 Å². The minimum atomic E-state index is 0.170. The Morgan fingerprint density at radius 1 is 1.00 bits per heavy atom. The molecule has 1 saturated heterocycles. The van der Waals surface area contributed by atoms with Crippen LogP contribution in [0.5, 0.6) is 0 Å². The first-order valence-corrected chi connectivity index (χ1v) is 9.02. The molecule has 2 N–H and O–H groups in total. The number of aryl methyl sites for hydroxylation is 1. The molecule has 1 fully saturated rings. The van der Waals surface area contributed by atoms with E-state index in [0.717, 1.165) is 5.69 Å². The summed E-state index contributed by atoms with van der Waals surface area (Å²) in [6, 6.07) is 17.2. The first kappa shape index (κ1) is 16.8. The van der Waals surface area contributed by atoms with E-state index in [-0.39, 0.29) is 6.04 Å². The average molecular weight is 340 g/mol. The minimum absolute atomic E-state index is 0.170. The predicted octanol–water partition coefficient (Wildman–Crippen LogP) is 4.64. The van der Waals surface area contributed by atoms with Gasteiger partial charge in [0.05, 0.1) is 6.04 Å². The lowest BCUT2D eigenvalue weighted by Crippen LogP contribution is -2.30. The predicted molar refractivity (Wildman–Crippen MR) is 107 cm³/mol. The van der Waals surface area contributed by atoms with Gasteiger partial charge < -0.3 is 15.5 Å². The van der Waals surface area contributed by atoms with Crippen LogP contribution in [0.3, 0.4) is 0 Å². The van der Waals surface area contributed by atoms with E-state index in [4.69, 9.17) is 12.2 Å². The van der Waals surface area contributed by atoms with E-state index in [9.17, 15) is 0 Å². The molecule has 0 saturated carbocycles. The molecule has 0 amide bonds. The summed E-state index contributed by atoms with van der Waals surface area (Å²) in [6.45, 7) is 6.57. The van der Waals surface area contributed by atoms with Crippen LogP contribution in [-0.2, 0) is 0 Å². The maximum atomic E-state index is 5.43. The molecule has 4 heteroatoms. The number of nitrogens with zero attached hydrogens (tertiary/aromatic N) is 1. The Bertz CT molecular complexity index is 673. The average Bonchev–Trinajstić information content (AvgIpc) is 3.11. The van der Waals surface area contributed by atoms with Gasteiger partial charge in [0.25, 0.3) is 0 Å². The summed E-state index contributed by atoms with van der Waals surface area (Å²) < 4.78 is 0. The molecule has 2 aromatic carbocycles. The Kier molecular flexibility index (Phi) is 5.36. The van der Waals surface area contributed by atoms with Gasteiger partial charge in [0.2, 0.25) is 0 Å². The van der Waals surface area contributed by atoms with E-state index in [0.29, 0.717) is 5.11 Å². The number of nitrogens with one attached hydrogen (secondary N) is 2. The fraction of sp³-hybridized carbons (Fsp3) is 0.350. The highest BCUT2D eigenvalue weighted by Gasteiger charge is 2.13. The third-order valence-electron chi connectivity index (χ3n) is 4.52. The van der Waals surface area contributed by atoms with Crippen LogP contribution in [0.4, 0.5) is 11.4 Å². The largest absolute Gasteiger partial charge is 0.372 e. The zero-order valence-electron chi connectivity index (χ0n) is 14.4. The Hall–Kier alpha value is -2.07. The van der Waals surface area contributed by atoms with Crippen LogP contribution in [0.1, 0.15) is 36.9 Å². The van der Waals surface area contributed by atoms with Gasteiger partial charge >= 0.3 is 0 Å². The summed E-state index contributed by atoms with van der Waals surface area (Å²) in [5.41, 5.74) is 4.82. The van der Waals surface area contributed by atoms with Gasteiger partial charge in [-0.15, -0.1) is 0 Å². The molecule has 3 nitrogen and oxygen atoms in total. The van der Waals surface area contributed by atoms with E-state index >= 15 is 0 Å². The minimum Gasteiger partial charge on any atom is -0.372 e. The summed E-state index contributed by atoms with van der Waals surface area (Å²) in [6.07, 6.45) is 2.61. The van der Waals surface area contributed by atoms with Gasteiger partial charge in [-0.05, 0) is 68.7 Å². The lowest BCUT2D eigenvalue weighted by atomic mass is 10.1. The van der Waals surface area contributed by atoms with Crippen LogP contribution in [-0.4, -0.2) is 18.2 Å². The van der Waals surface area contributed by atoms with Crippen molar-refractivity contribution in [3.63, 3.8) is 0 Å². The standard InChI is InChI=1S/C20H25N3S/c1-15-5-9-18(10-6-15)22-20(24)21-16(2)17-7-11-19(12-8-17)23-13-3-4-14-23/h5-12,16H,3-4,13-14H2,1-2H3,(H2,21,22,24). The summed E-state index contributed by atoms with van der Waals surface area (Å²) in [7, 11) is 0. The SMILES string of the molecule is Cc1ccc(NC(=S)NC(C)c2ccc(N3CCCC3)cc2)cc1. The van der Waals surface area contributed by atoms with Crippen molar-refractivity contribution in [3.8, 4) is 0 Å². The van der Waals surface area contributed by atoms with Crippen molar-refractivity contribution >= 4 is 28.7 Å². The van der Waals surface area contributed by atoms with Crippen molar-refractivity contribution in [1.29, 1.82) is 0 Å². The third kappa shape index (κ3) is 4.26. The molecule has 1 heterocycles. The van der Waals surface area contributed by atoms with E-state index in [1.165, 1.54) is 42.7 Å². The van der Waals surface area contributed by atoms with Crippen LogP contribution < -0.4 is 15.5 Å². The molecule has 0 aromatic heterocycles. The number of benzene rings is 2. The van der Waals surface area contributed by atoms with Crippen LogP contribution >= 0.6 is 12.2 Å². The molecular formula is C20H25N3S. The van der Waals surface area contributed by atoms with Crippen LogP contribution in [0.2, 0.25) is 0 Å². The zero-order valence-corrected chi connectivity index (χ0v) is 15.2. The maximum Gasteiger partial charge on any atom is 0.171 e. The topological polar surface area (TPSA) is 27.3 Å². The molecule has 24 heavy (non-hydrogen) atoms. The number of hydrogen-bond donors (Lipinski definition) is 2. The van der Waals surface area contributed by atoms with Crippen molar-refractivity contribution in [3.05, 3.63) is 59.7 Å². The van der Waals surface area contributed by atoms with E-state index in [1.807, 2.05) is 12.1 Å². The maximum absolute atomic E-state index is 5.43. The second-order valence-corrected chi connectivity index (χ2v) is 6.88. The monoisotopic (exact) mass is 339 g/mol. The lowest BCUT2D eigenvalue weighted by molar-refractivity contribution is 0.722. The summed E-state index contributed by atoms with van der Waals surface area (Å²) in [5.74, 6) is 0. The lowest BCUT2D eigenvalue weighted by Gasteiger charge is -2.20. The van der Waals surface area contributed by atoms with Crippen molar-refractivity contribution in [1.82, 2.24) is 5.32 Å². The van der Waals surface area contributed by atoms with Crippen molar-refractivity contribution in [2.24, 2.45) is 0 Å². The molecule has 1 atom stereocenters. The molecule has 3 rings (SSSR count). The van der Waals surface area contributed by atoms with Gasteiger partial charge in [-0.2, -0.15) is 0 Å². The molecule has 2 aromatic rings. The number of rotatable bonds is 4. The molecule has 1 aliphatic heterocycles. The first-order valence-electron chi connectivity index (χ1n) is 8.61. The van der Waals surface area contributed by atoms with Crippen molar-refractivity contribution < 1.29 is 0 Å². The van der Waals surface area contributed by atoms with Gasteiger partial charge in [0.1, 0.15) is 0 Å².